The molecule has 1 saturated heterocycles. The first kappa shape index (κ1) is 14.4. The average Bonchev–Trinajstić information content (AvgIpc) is 2.35. The molecule has 0 aromatic rings. The van der Waals surface area contributed by atoms with Crippen molar-refractivity contribution in [1.29, 1.82) is 0 Å². The van der Waals surface area contributed by atoms with E-state index < -0.39 is 0 Å². The van der Waals surface area contributed by atoms with Gasteiger partial charge < -0.3 is 25.0 Å². The minimum absolute atomic E-state index is 0.0240. The summed E-state index contributed by atoms with van der Waals surface area (Å²) < 4.78 is 4.93. The number of rotatable bonds is 6. The molecule has 1 atom stereocenters. The first-order chi connectivity index (χ1) is 8.17. The van der Waals surface area contributed by atoms with Crippen LogP contribution in [-0.2, 0) is 9.53 Å². The van der Waals surface area contributed by atoms with Crippen molar-refractivity contribution in [3.05, 3.63) is 0 Å². The predicted molar refractivity (Wildman–Crippen MR) is 64.8 cm³/mol. The third-order valence-electron chi connectivity index (χ3n) is 2.99. The van der Waals surface area contributed by atoms with Crippen LogP contribution in [0.15, 0.2) is 0 Å². The van der Waals surface area contributed by atoms with Gasteiger partial charge in [0.05, 0.1) is 25.8 Å². The summed E-state index contributed by atoms with van der Waals surface area (Å²) in [6.45, 7) is 4.06. The zero-order valence-corrected chi connectivity index (χ0v) is 10.7. The Balaban J connectivity index is 2.24. The Morgan fingerprint density at radius 1 is 1.41 bits per heavy atom. The summed E-state index contributed by atoms with van der Waals surface area (Å²) in [6, 6.07) is -0.170. The summed E-state index contributed by atoms with van der Waals surface area (Å²) in [5, 5.41) is 12.0. The number of methoxy groups -OCH3 is 1. The van der Waals surface area contributed by atoms with Gasteiger partial charge in [-0.3, -0.25) is 4.79 Å². The second-order valence-corrected chi connectivity index (χ2v) is 4.40. The number of ether oxygens (including phenoxy) is 1. The Bertz CT molecular complexity index is 230. The fourth-order valence-corrected chi connectivity index (χ4v) is 1.78. The monoisotopic (exact) mass is 245 g/mol. The molecular formula is C11H23N3O3. The summed E-state index contributed by atoms with van der Waals surface area (Å²) in [5.74, 6) is 0.0904. The molecule has 0 bridgehead atoms. The quantitative estimate of drug-likeness (QED) is 0.587. The van der Waals surface area contributed by atoms with Crippen LogP contribution < -0.4 is 5.32 Å². The lowest BCUT2D eigenvalue weighted by atomic mass is 10.3. The van der Waals surface area contributed by atoms with Gasteiger partial charge in [0.2, 0.25) is 5.91 Å². The summed E-state index contributed by atoms with van der Waals surface area (Å²) in [7, 11) is 3.63. The van der Waals surface area contributed by atoms with Crippen LogP contribution >= 0.6 is 0 Å². The van der Waals surface area contributed by atoms with Crippen molar-refractivity contribution in [1.82, 2.24) is 15.1 Å². The Morgan fingerprint density at radius 3 is 2.59 bits per heavy atom. The molecule has 0 aromatic carbocycles. The molecule has 1 heterocycles. The smallest absolute Gasteiger partial charge is 0.236 e. The van der Waals surface area contributed by atoms with Gasteiger partial charge in [-0.25, -0.2) is 0 Å². The van der Waals surface area contributed by atoms with Gasteiger partial charge in [0, 0.05) is 33.3 Å². The van der Waals surface area contributed by atoms with E-state index in [0.29, 0.717) is 6.61 Å². The van der Waals surface area contributed by atoms with E-state index >= 15 is 0 Å². The number of aliphatic hydroxyl groups is 1. The molecule has 2 N–H and O–H groups in total. The number of nitrogens with one attached hydrogen (secondary N) is 1. The molecule has 100 valence electrons. The molecule has 0 aliphatic carbocycles. The number of aliphatic hydroxyl groups excluding tert-OH is 1. The molecule has 1 amide bonds. The number of piperazine rings is 1. The lowest BCUT2D eigenvalue weighted by Crippen LogP contribution is -2.51. The molecular weight excluding hydrogens is 222 g/mol. The molecule has 1 aliphatic heterocycles. The van der Waals surface area contributed by atoms with Crippen LogP contribution in [0.3, 0.4) is 0 Å². The Hall–Kier alpha value is -0.690. The van der Waals surface area contributed by atoms with Gasteiger partial charge >= 0.3 is 0 Å². The minimum Gasteiger partial charge on any atom is -0.395 e. The highest BCUT2D eigenvalue weighted by Gasteiger charge is 2.19. The second kappa shape index (κ2) is 7.60. The van der Waals surface area contributed by atoms with E-state index in [1.165, 1.54) is 0 Å². The molecule has 1 fully saturated rings. The first-order valence-electron chi connectivity index (χ1n) is 5.97. The molecule has 0 radical (unpaired) electrons. The van der Waals surface area contributed by atoms with Crippen molar-refractivity contribution in [2.24, 2.45) is 0 Å². The van der Waals surface area contributed by atoms with Gasteiger partial charge in [-0.15, -0.1) is 0 Å². The van der Waals surface area contributed by atoms with Crippen LogP contribution in [-0.4, -0.2) is 87.0 Å². The Labute approximate surface area is 103 Å². The zero-order valence-electron chi connectivity index (χ0n) is 10.7. The maximum atomic E-state index is 11.9. The van der Waals surface area contributed by atoms with Gasteiger partial charge in [-0.1, -0.05) is 0 Å². The third-order valence-corrected chi connectivity index (χ3v) is 2.99. The summed E-state index contributed by atoms with van der Waals surface area (Å²) in [4.78, 5) is 15.9. The molecule has 6 heteroatoms. The third kappa shape index (κ3) is 4.99. The van der Waals surface area contributed by atoms with Crippen LogP contribution in [0.2, 0.25) is 0 Å². The number of hydrogen-bond donors (Lipinski definition) is 2. The second-order valence-electron chi connectivity index (χ2n) is 4.40. The maximum absolute atomic E-state index is 11.9. The zero-order chi connectivity index (χ0) is 12.7. The van der Waals surface area contributed by atoms with Crippen LogP contribution in [0, 0.1) is 0 Å². The molecule has 0 spiro atoms. The maximum Gasteiger partial charge on any atom is 0.236 e. The predicted octanol–water partition coefficient (Wildman–Crippen LogP) is -1.64. The Morgan fingerprint density at radius 2 is 2.06 bits per heavy atom. The molecule has 6 nitrogen and oxygen atoms in total. The summed E-state index contributed by atoms with van der Waals surface area (Å²) in [6.07, 6.45) is 0. The normalized spacial score (nSPS) is 19.4. The number of amides is 1. The highest BCUT2D eigenvalue weighted by molar-refractivity contribution is 5.78. The van der Waals surface area contributed by atoms with Gasteiger partial charge in [-0.2, -0.15) is 0 Å². The topological polar surface area (TPSA) is 65.0 Å². The molecule has 1 aliphatic rings. The SMILES string of the molecule is COCC(CO)NCC(=O)N1CCN(C)CC1. The highest BCUT2D eigenvalue weighted by atomic mass is 16.5. The number of carbonyl (C=O) groups is 1. The minimum atomic E-state index is -0.170. The number of hydrogen-bond acceptors (Lipinski definition) is 5. The van der Waals surface area contributed by atoms with E-state index in [0.717, 1.165) is 26.2 Å². The van der Waals surface area contributed by atoms with E-state index in [1.807, 2.05) is 4.90 Å². The largest absolute Gasteiger partial charge is 0.395 e. The van der Waals surface area contributed by atoms with E-state index in [4.69, 9.17) is 9.84 Å². The molecule has 0 aromatic heterocycles. The van der Waals surface area contributed by atoms with Gasteiger partial charge in [-0.05, 0) is 7.05 Å². The van der Waals surface area contributed by atoms with Gasteiger partial charge in [0.15, 0.2) is 0 Å². The van der Waals surface area contributed by atoms with Crippen LogP contribution in [0.4, 0.5) is 0 Å². The van der Waals surface area contributed by atoms with Crippen LogP contribution in [0.25, 0.3) is 0 Å². The molecule has 1 rings (SSSR count). The van der Waals surface area contributed by atoms with Crippen molar-refractivity contribution in [3.63, 3.8) is 0 Å². The first-order valence-corrected chi connectivity index (χ1v) is 5.97. The van der Waals surface area contributed by atoms with E-state index in [9.17, 15) is 4.79 Å². The van der Waals surface area contributed by atoms with Gasteiger partial charge in [0.1, 0.15) is 0 Å². The van der Waals surface area contributed by atoms with E-state index in [-0.39, 0.29) is 25.1 Å². The molecule has 1 unspecified atom stereocenters. The standard InChI is InChI=1S/C11H23N3O3/c1-13-3-5-14(6-4-13)11(16)7-12-10(8-15)9-17-2/h10,12,15H,3-9H2,1-2H3. The Kier molecular flexibility index (Phi) is 6.43. The number of nitrogens with zero attached hydrogens (tertiary/aromatic N) is 2. The molecule has 17 heavy (non-hydrogen) atoms. The lowest BCUT2D eigenvalue weighted by molar-refractivity contribution is -0.132. The van der Waals surface area contributed by atoms with Gasteiger partial charge in [0.25, 0.3) is 0 Å². The van der Waals surface area contributed by atoms with E-state index in [1.54, 1.807) is 7.11 Å². The number of likely N-dealkylation sites (N-methyl/N-ethyl adjacent to an activating group) is 1. The van der Waals surface area contributed by atoms with Crippen molar-refractivity contribution in [2.75, 3.05) is 60.1 Å². The fraction of sp³-hybridized carbons (Fsp3) is 0.909. The summed E-state index contributed by atoms with van der Waals surface area (Å²) >= 11 is 0. The average molecular weight is 245 g/mol. The highest BCUT2D eigenvalue weighted by Crippen LogP contribution is 1.99. The summed E-state index contributed by atoms with van der Waals surface area (Å²) in [5.41, 5.74) is 0. The van der Waals surface area contributed by atoms with Crippen LogP contribution in [0.1, 0.15) is 0 Å². The van der Waals surface area contributed by atoms with Crippen molar-refractivity contribution < 1.29 is 14.6 Å². The number of carbonyl (C=O) groups excluding carboxylic acids is 1. The lowest BCUT2D eigenvalue weighted by Gasteiger charge is -2.32. The van der Waals surface area contributed by atoms with Crippen molar-refractivity contribution in [2.45, 2.75) is 6.04 Å². The van der Waals surface area contributed by atoms with E-state index in [2.05, 4.69) is 17.3 Å². The van der Waals surface area contributed by atoms with Crippen molar-refractivity contribution in [3.8, 4) is 0 Å². The molecule has 0 saturated carbocycles. The fourth-order valence-electron chi connectivity index (χ4n) is 1.78. The van der Waals surface area contributed by atoms with Crippen LogP contribution in [0.5, 0.6) is 0 Å². The van der Waals surface area contributed by atoms with Crippen molar-refractivity contribution >= 4 is 5.91 Å².